The number of nitrogens with one attached hydrogen (secondary N) is 1. The summed E-state index contributed by atoms with van der Waals surface area (Å²) in [5.74, 6) is 0.439. The number of urea groups is 1. The first-order chi connectivity index (χ1) is 14.9. The highest BCUT2D eigenvalue weighted by Gasteiger charge is 2.57. The lowest BCUT2D eigenvalue weighted by Gasteiger charge is -2.61. The van der Waals surface area contributed by atoms with Gasteiger partial charge in [0, 0.05) is 31.6 Å². The van der Waals surface area contributed by atoms with E-state index in [0.717, 1.165) is 24.5 Å². The fourth-order valence-electron chi connectivity index (χ4n) is 5.86. The molecule has 11 heteroatoms. The van der Waals surface area contributed by atoms with Crippen LogP contribution >= 0.6 is 0 Å². The van der Waals surface area contributed by atoms with Crippen LogP contribution in [0, 0.1) is 22.7 Å². The van der Waals surface area contributed by atoms with Gasteiger partial charge in [0.25, 0.3) is 0 Å². The molecule has 0 aromatic heterocycles. The predicted octanol–water partition coefficient (Wildman–Crippen LogP) is 2.33. The molecule has 3 saturated heterocycles. The number of halogens is 3. The van der Waals surface area contributed by atoms with E-state index in [2.05, 4.69) is 4.72 Å². The Morgan fingerprint density at radius 2 is 1.84 bits per heavy atom. The Balaban J connectivity index is 1.10. The van der Waals surface area contributed by atoms with Gasteiger partial charge in [-0.2, -0.15) is 18.4 Å². The highest BCUT2D eigenvalue weighted by atomic mass is 32.2. The summed E-state index contributed by atoms with van der Waals surface area (Å²) in [6.07, 6.45) is -1.57. The standard InChI is InChI=1S/C21H23F3N4O3S/c22-21(23,24)17-2-1-14(6-16(17)9-25)5-15-7-19(8-15)10-27(11-19)18(29)28-12-20(13-28)3-4-32(30,31)26-20/h1-2,6,15,26H,3-5,7-8,10-13H2. The summed E-state index contributed by atoms with van der Waals surface area (Å²) in [6, 6.07) is 5.35. The van der Waals surface area contributed by atoms with Gasteiger partial charge in [-0.15, -0.1) is 0 Å². The number of likely N-dealkylation sites (tertiary alicyclic amines) is 2. The van der Waals surface area contributed by atoms with Crippen LogP contribution < -0.4 is 4.72 Å². The predicted molar refractivity (Wildman–Crippen MR) is 108 cm³/mol. The number of carbonyl (C=O) groups is 1. The Hall–Kier alpha value is -2.32. The van der Waals surface area contributed by atoms with E-state index in [1.807, 2.05) is 0 Å². The molecule has 4 aliphatic rings. The lowest BCUT2D eigenvalue weighted by Crippen LogP contribution is -2.73. The van der Waals surface area contributed by atoms with Gasteiger partial charge in [0.2, 0.25) is 10.0 Å². The summed E-state index contributed by atoms with van der Waals surface area (Å²) >= 11 is 0. The maximum Gasteiger partial charge on any atom is 0.417 e. The second kappa shape index (κ2) is 6.84. The number of sulfonamides is 1. The van der Waals surface area contributed by atoms with Crippen LogP contribution in [0.4, 0.5) is 18.0 Å². The Morgan fingerprint density at radius 1 is 1.19 bits per heavy atom. The number of amides is 2. The summed E-state index contributed by atoms with van der Waals surface area (Å²) in [5, 5.41) is 9.06. The van der Waals surface area contributed by atoms with Gasteiger partial charge in [-0.1, -0.05) is 6.07 Å². The van der Waals surface area contributed by atoms with E-state index in [0.29, 0.717) is 44.9 Å². The third kappa shape index (κ3) is 3.63. The number of rotatable bonds is 2. The smallest absolute Gasteiger partial charge is 0.323 e. The lowest BCUT2D eigenvalue weighted by molar-refractivity contribution is -0.137. The Kier molecular flexibility index (Phi) is 4.60. The van der Waals surface area contributed by atoms with Gasteiger partial charge < -0.3 is 9.80 Å². The lowest BCUT2D eigenvalue weighted by atomic mass is 9.56. The van der Waals surface area contributed by atoms with Gasteiger partial charge in [0.05, 0.1) is 28.5 Å². The third-order valence-corrected chi connectivity index (χ3v) is 8.77. The molecule has 4 fully saturated rings. The Morgan fingerprint density at radius 3 is 2.41 bits per heavy atom. The fourth-order valence-corrected chi connectivity index (χ4v) is 7.51. The zero-order valence-corrected chi connectivity index (χ0v) is 18.1. The van der Waals surface area contributed by atoms with Crippen molar-refractivity contribution < 1.29 is 26.4 Å². The van der Waals surface area contributed by atoms with Crippen molar-refractivity contribution in [3.8, 4) is 6.07 Å². The fraction of sp³-hybridized carbons (Fsp3) is 0.619. The molecule has 0 atom stereocenters. The molecule has 0 unspecified atom stereocenters. The summed E-state index contributed by atoms with van der Waals surface area (Å²) in [6.45, 7) is 2.14. The average molecular weight is 469 g/mol. The van der Waals surface area contributed by atoms with Crippen molar-refractivity contribution >= 4 is 16.1 Å². The van der Waals surface area contributed by atoms with Crippen molar-refractivity contribution in [3.05, 3.63) is 34.9 Å². The van der Waals surface area contributed by atoms with Gasteiger partial charge >= 0.3 is 12.2 Å². The Labute approximate surface area is 184 Å². The van der Waals surface area contributed by atoms with Crippen molar-refractivity contribution in [2.24, 2.45) is 11.3 Å². The number of hydrogen-bond donors (Lipinski definition) is 1. The zero-order valence-electron chi connectivity index (χ0n) is 17.3. The molecule has 3 aliphatic heterocycles. The van der Waals surface area contributed by atoms with E-state index < -0.39 is 27.3 Å². The molecule has 1 aromatic carbocycles. The first-order valence-corrected chi connectivity index (χ1v) is 12.2. The molecule has 1 aliphatic carbocycles. The number of nitriles is 1. The molecule has 5 rings (SSSR count). The zero-order chi connectivity index (χ0) is 22.9. The van der Waals surface area contributed by atoms with Crippen LogP contribution in [0.15, 0.2) is 18.2 Å². The number of carbonyl (C=O) groups excluding carboxylic acids is 1. The number of benzene rings is 1. The molecule has 1 N–H and O–H groups in total. The highest BCUT2D eigenvalue weighted by molar-refractivity contribution is 7.89. The monoisotopic (exact) mass is 468 g/mol. The van der Waals surface area contributed by atoms with Crippen LogP contribution in [0.1, 0.15) is 36.0 Å². The second-order valence-corrected chi connectivity index (χ2v) is 11.8. The van der Waals surface area contributed by atoms with Crippen LogP contribution in [0.5, 0.6) is 0 Å². The van der Waals surface area contributed by atoms with Crippen LogP contribution in [-0.2, 0) is 22.6 Å². The summed E-state index contributed by atoms with van der Waals surface area (Å²) < 4.78 is 64.8. The van der Waals surface area contributed by atoms with Gasteiger partial charge in [0.1, 0.15) is 0 Å². The van der Waals surface area contributed by atoms with Crippen molar-refractivity contribution in [3.63, 3.8) is 0 Å². The minimum Gasteiger partial charge on any atom is -0.323 e. The summed E-state index contributed by atoms with van der Waals surface area (Å²) in [4.78, 5) is 16.1. The molecular formula is C21H23F3N4O3S. The summed E-state index contributed by atoms with van der Waals surface area (Å²) in [7, 11) is -3.21. The minimum atomic E-state index is -4.54. The maximum atomic E-state index is 13.0. The van der Waals surface area contributed by atoms with Gasteiger partial charge in [0.15, 0.2) is 0 Å². The van der Waals surface area contributed by atoms with Gasteiger partial charge in [-0.3, -0.25) is 0 Å². The van der Waals surface area contributed by atoms with Crippen LogP contribution in [0.25, 0.3) is 0 Å². The van der Waals surface area contributed by atoms with E-state index in [1.54, 1.807) is 15.9 Å². The van der Waals surface area contributed by atoms with E-state index in [4.69, 9.17) is 5.26 Å². The molecule has 2 spiro atoms. The summed E-state index contributed by atoms with van der Waals surface area (Å²) in [5.41, 5.74) is -0.919. The minimum absolute atomic E-state index is 0.0581. The van der Waals surface area contributed by atoms with E-state index >= 15 is 0 Å². The average Bonchev–Trinajstić information content (AvgIpc) is 2.95. The van der Waals surface area contributed by atoms with E-state index in [-0.39, 0.29) is 22.8 Å². The highest BCUT2D eigenvalue weighted by Crippen LogP contribution is 2.53. The van der Waals surface area contributed by atoms with Crippen molar-refractivity contribution in [2.45, 2.75) is 37.4 Å². The molecule has 7 nitrogen and oxygen atoms in total. The number of nitrogens with zero attached hydrogens (tertiary/aromatic N) is 3. The molecule has 3 heterocycles. The first-order valence-electron chi connectivity index (χ1n) is 10.6. The van der Waals surface area contributed by atoms with Crippen LogP contribution in [0.3, 0.4) is 0 Å². The first kappa shape index (κ1) is 21.5. The normalized spacial score (nSPS) is 25.2. The van der Waals surface area contributed by atoms with Crippen molar-refractivity contribution in [2.75, 3.05) is 31.9 Å². The SMILES string of the molecule is N#Cc1cc(CC2CC3(C2)CN(C(=O)N2CC4(CCS(=O)(=O)N4)C2)C3)ccc1C(F)(F)F. The molecule has 32 heavy (non-hydrogen) atoms. The molecule has 0 bridgehead atoms. The van der Waals surface area contributed by atoms with Crippen LogP contribution in [0.2, 0.25) is 0 Å². The molecule has 2 amide bonds. The van der Waals surface area contributed by atoms with Gasteiger partial charge in [-0.05, 0) is 49.3 Å². The number of hydrogen-bond acceptors (Lipinski definition) is 4. The Bertz CT molecular complexity index is 1110. The van der Waals surface area contributed by atoms with E-state index in [1.165, 1.54) is 12.1 Å². The molecule has 1 saturated carbocycles. The van der Waals surface area contributed by atoms with E-state index in [9.17, 15) is 26.4 Å². The molecular weight excluding hydrogens is 445 g/mol. The molecule has 0 radical (unpaired) electrons. The third-order valence-electron chi connectivity index (χ3n) is 7.28. The van der Waals surface area contributed by atoms with Crippen molar-refractivity contribution in [1.82, 2.24) is 14.5 Å². The molecule has 172 valence electrons. The van der Waals surface area contributed by atoms with Gasteiger partial charge in [-0.25, -0.2) is 17.9 Å². The van der Waals surface area contributed by atoms with Crippen molar-refractivity contribution in [1.29, 1.82) is 5.26 Å². The molecule has 1 aromatic rings. The maximum absolute atomic E-state index is 13.0. The second-order valence-electron chi connectivity index (χ2n) is 9.91. The van der Waals surface area contributed by atoms with Crippen LogP contribution in [-0.4, -0.2) is 61.7 Å². The largest absolute Gasteiger partial charge is 0.417 e. The topological polar surface area (TPSA) is 93.5 Å². The number of alkyl halides is 3. The quantitative estimate of drug-likeness (QED) is 0.721.